The van der Waals surface area contributed by atoms with Gasteiger partial charge in [-0.2, -0.15) is 15.3 Å². The van der Waals surface area contributed by atoms with Crippen LogP contribution in [0.4, 0.5) is 30.2 Å². The first kappa shape index (κ1) is 82.4. The Bertz CT molecular complexity index is 5030. The summed E-state index contributed by atoms with van der Waals surface area (Å²) < 4.78 is 52.5. The molecule has 9 N–H and O–H groups in total. The van der Waals surface area contributed by atoms with E-state index >= 15 is 0 Å². The first-order valence-corrected chi connectivity index (χ1v) is 33.3. The first-order chi connectivity index (χ1) is 50.4. The Morgan fingerprint density at radius 2 is 0.972 bits per heavy atom. The summed E-state index contributed by atoms with van der Waals surface area (Å²) in [5.41, 5.74) is 17.2. The summed E-state index contributed by atoms with van der Waals surface area (Å²) in [6.07, 6.45) is 15.8. The predicted octanol–water partition coefficient (Wildman–Crippen LogP) is 10.1. The molecule has 0 unspecified atom stereocenters. The molecule has 28 nitrogen and oxygen atoms in total. The lowest BCUT2D eigenvalue weighted by Gasteiger charge is -2.32. The fourth-order valence-corrected chi connectivity index (χ4v) is 9.04. The van der Waals surface area contributed by atoms with Crippen LogP contribution in [-0.2, 0) is 39.4 Å². The molecule has 0 bridgehead atoms. The maximum Gasteiger partial charge on any atom is 0.494 e. The number of amides is 1. The van der Waals surface area contributed by atoms with Crippen LogP contribution in [0.3, 0.4) is 0 Å². The zero-order valence-corrected chi connectivity index (χ0v) is 62.0. The minimum atomic E-state index is -1.05. The van der Waals surface area contributed by atoms with Gasteiger partial charge >= 0.3 is 13.1 Å². The van der Waals surface area contributed by atoms with Crippen LogP contribution >= 0.6 is 23.2 Å². The van der Waals surface area contributed by atoms with E-state index in [-0.39, 0.29) is 67.5 Å². The second-order valence-corrected chi connectivity index (χ2v) is 27.6. The normalized spacial score (nSPS) is 12.5. The quantitative estimate of drug-likeness (QED) is 0.0320. The highest BCUT2D eigenvalue weighted by Gasteiger charge is 2.51. The number of carboxylic acids is 1. The number of hydrogen-bond donors (Lipinski definition) is 7. The van der Waals surface area contributed by atoms with Crippen molar-refractivity contribution in [2.45, 2.75) is 111 Å². The van der Waals surface area contributed by atoms with Gasteiger partial charge in [-0.25, -0.2) is 73.1 Å². The monoisotopic (exact) mass is 1500 g/mol. The molecule has 1 amide bonds. The van der Waals surface area contributed by atoms with Crippen LogP contribution < -0.4 is 38.9 Å². The van der Waals surface area contributed by atoms with Crippen molar-refractivity contribution in [3.8, 4) is 22.5 Å². The van der Waals surface area contributed by atoms with E-state index in [0.717, 1.165) is 28.2 Å². The lowest BCUT2D eigenvalue weighted by Crippen LogP contribution is -2.41. The van der Waals surface area contributed by atoms with Crippen LogP contribution in [0.1, 0.15) is 135 Å². The van der Waals surface area contributed by atoms with Gasteiger partial charge in [0.25, 0.3) is 22.6 Å². The number of rotatable bonds is 13. The lowest BCUT2D eigenvalue weighted by atomic mass is 9.79. The van der Waals surface area contributed by atoms with Crippen LogP contribution in [0.2, 0.25) is 5.15 Å². The number of carboxylic acid groups (broad SMARTS) is 1. The molecule has 0 radical (unpaired) electrons. The van der Waals surface area contributed by atoms with Gasteiger partial charge in [0.05, 0.1) is 68.6 Å². The molecule has 34 heteroatoms. The van der Waals surface area contributed by atoms with Gasteiger partial charge in [-0.1, -0.05) is 77.4 Å². The number of hydrogen-bond acceptors (Lipinski definition) is 23. The smallest absolute Gasteiger partial charge is 0.476 e. The summed E-state index contributed by atoms with van der Waals surface area (Å²) >= 11 is 11.0. The third-order valence-electron chi connectivity index (χ3n) is 15.8. The summed E-state index contributed by atoms with van der Waals surface area (Å²) in [6, 6.07) is 23.0. The fraction of sp³-hybridized carbons (Fsp3) is 0.260. The molecule has 0 aliphatic carbocycles. The van der Waals surface area contributed by atoms with Crippen LogP contribution in [0.5, 0.6) is 0 Å². The first-order valence-electron chi connectivity index (χ1n) is 32.5. The average Bonchev–Trinajstić information content (AvgIpc) is 1.62. The van der Waals surface area contributed by atoms with E-state index in [1.54, 1.807) is 72.0 Å². The highest BCUT2D eigenvalue weighted by Crippen LogP contribution is 2.37. The van der Waals surface area contributed by atoms with Gasteiger partial charge in [0.1, 0.15) is 47.3 Å². The molecule has 107 heavy (non-hydrogen) atoms. The van der Waals surface area contributed by atoms with Crippen LogP contribution in [-0.4, -0.2) is 135 Å². The van der Waals surface area contributed by atoms with Gasteiger partial charge < -0.3 is 36.1 Å². The molecule has 1 aliphatic heterocycles. The maximum atomic E-state index is 14.5. The number of benzene rings is 3. The summed E-state index contributed by atoms with van der Waals surface area (Å²) in [7, 11) is 3.19. The number of nitrogens with zero attached hydrogens (tertiary/aromatic N) is 14. The highest BCUT2D eigenvalue weighted by atomic mass is 35.5. The zero-order valence-electron chi connectivity index (χ0n) is 60.4. The van der Waals surface area contributed by atoms with E-state index in [1.165, 1.54) is 86.2 Å². The number of halogens is 5. The van der Waals surface area contributed by atoms with Crippen molar-refractivity contribution in [1.29, 1.82) is 0 Å². The van der Waals surface area contributed by atoms with E-state index in [1.807, 2.05) is 83.3 Å². The molecular formula is C73H78BCl2F3N20O8. The van der Waals surface area contributed by atoms with Crippen molar-refractivity contribution < 1.29 is 37.2 Å². The Kier molecular flexibility index (Phi) is 28.3. The molecule has 3 aromatic carbocycles. The highest BCUT2D eigenvalue weighted by molar-refractivity contribution is 6.62. The topological polar surface area (TPSA) is 406 Å². The Morgan fingerprint density at radius 1 is 0.570 bits per heavy atom. The summed E-state index contributed by atoms with van der Waals surface area (Å²) in [4.78, 5) is 100. The van der Waals surface area contributed by atoms with Gasteiger partial charge in [0.15, 0.2) is 5.69 Å². The molecule has 0 atom stereocenters. The van der Waals surface area contributed by atoms with E-state index in [0.29, 0.717) is 62.9 Å². The third kappa shape index (κ3) is 24.4. The third-order valence-corrected chi connectivity index (χ3v) is 16.3. The molecule has 1 fully saturated rings. The minimum Gasteiger partial charge on any atom is -0.476 e. The predicted molar refractivity (Wildman–Crippen MR) is 401 cm³/mol. The van der Waals surface area contributed by atoms with E-state index in [2.05, 4.69) is 92.3 Å². The van der Waals surface area contributed by atoms with Gasteiger partial charge in [-0.3, -0.25) is 29.1 Å². The molecule has 556 valence electrons. The van der Waals surface area contributed by atoms with Crippen LogP contribution in [0.15, 0.2) is 179 Å². The average molecular weight is 1500 g/mol. The molecule has 11 aromatic rings. The van der Waals surface area contributed by atoms with Gasteiger partial charge in [-0.15, -0.1) is 0 Å². The Labute approximate surface area is 623 Å². The number of nitrogen functional groups attached to an aromatic ring is 2. The molecular weight excluding hydrogens is 1420 g/mol. The lowest BCUT2D eigenvalue weighted by molar-refractivity contribution is 0.00578. The summed E-state index contributed by atoms with van der Waals surface area (Å²) in [6.45, 7) is 23.3. The Morgan fingerprint density at radius 3 is 1.36 bits per heavy atom. The number of carbonyl (C=O) groups is 2. The number of aromatic amines is 3. The molecule has 12 rings (SSSR count). The van der Waals surface area contributed by atoms with Crippen molar-refractivity contribution in [1.82, 2.24) is 85.3 Å². The summed E-state index contributed by atoms with van der Waals surface area (Å²) in [5, 5.41) is 30.7. The van der Waals surface area contributed by atoms with Crippen molar-refractivity contribution in [2.75, 3.05) is 30.9 Å². The zero-order chi connectivity index (χ0) is 78.6. The molecule has 0 saturated carbocycles. The van der Waals surface area contributed by atoms with Crippen molar-refractivity contribution in [2.24, 2.45) is 0 Å². The van der Waals surface area contributed by atoms with Crippen molar-refractivity contribution in [3.05, 3.63) is 275 Å². The number of aromatic nitrogens is 16. The minimum absolute atomic E-state index is 0.0204. The number of nitrogens with two attached hydrogens (primary N) is 2. The van der Waals surface area contributed by atoms with Crippen LogP contribution in [0.25, 0.3) is 22.5 Å². The Hall–Kier alpha value is -11.9. The molecule has 0 spiro atoms. The largest absolute Gasteiger partial charge is 0.494 e. The van der Waals surface area contributed by atoms with Crippen molar-refractivity contribution in [3.63, 3.8) is 0 Å². The van der Waals surface area contributed by atoms with Gasteiger partial charge in [-0.05, 0) is 118 Å². The molecule has 1 aliphatic rings. The SMILES string of the molecule is C=C(Cl)N(C)C.CC(C)(C)c1cnc(C(=O)Nc2cc(-c3cc(Cc4ccncn4)c(=O)[nH]n3)ccc2F)cn1.CC(C)(C)c1cnc(C(=O)O)cn1.CC1(C)OB(c2ccc(F)c(N)c2)OC1(C)C.Nc1cc(-c2cc(Cc3ccncn3)c(=O)[nH]n2)ccc1F.O=c1[nH]nc(Cl)cc1Cc1ccncn1. The molecule has 8 aromatic heterocycles. The van der Waals surface area contributed by atoms with E-state index in [9.17, 15) is 37.1 Å². The second-order valence-electron chi connectivity index (χ2n) is 26.8. The number of aromatic carboxylic acids is 1. The number of H-pyrrole nitrogens is 3. The van der Waals surface area contributed by atoms with Gasteiger partial charge in [0.2, 0.25) is 0 Å². The van der Waals surface area contributed by atoms with E-state index < -0.39 is 47.6 Å². The standard InChI is InChI=1S/C24H22FN7O2.C15H12FN5O.C12H17BFNO2.C9H7ClN4O.C9H12N2O2.C4H8ClN/c1-24(2,3)21-12-27-20(11-28-21)23(34)30-19-9-14(4-5-17(19)25)18-10-15(22(33)32-31-18)8-16-6-7-26-13-29-16;16-12-2-1-9(6-13(12)17)14-7-10(15(22)21-20-14)5-11-3-4-18-8-19-11;1-11(2)12(3,4)17-13(16-11)8-5-6-9(14)10(15)7-8;10-8-4-6(9(15)14-13-8)3-7-1-2-11-5-12-7;1-9(2,3)7-5-10-6(4-11-7)8(12)13;1-4(5)6(2)3/h4-7,9-13H,8H2,1-3H3,(H,30,34)(H,32,33);1-4,6-8H,5,17H2,(H,21,22);5-7H,15H2,1-4H3;1-2,4-5H,3H2,(H,14,15);4-5H,1-3H3,(H,12,13);1H2,2-3H3. The Balaban J connectivity index is 0.000000191. The number of nitrogens with one attached hydrogen (secondary N) is 4. The van der Waals surface area contributed by atoms with E-state index in [4.69, 9.17) is 49.1 Å². The molecule has 9 heterocycles. The second kappa shape index (κ2) is 36.7. The maximum absolute atomic E-state index is 14.5. The molecule has 1 saturated heterocycles. The fourth-order valence-electron chi connectivity index (χ4n) is 8.87. The van der Waals surface area contributed by atoms with Gasteiger partial charge in [0, 0.05) is 120 Å². The number of carbonyl (C=O) groups excluding carboxylic acids is 1. The van der Waals surface area contributed by atoms with Crippen molar-refractivity contribution >= 4 is 64.7 Å². The number of anilines is 3. The van der Waals surface area contributed by atoms with Crippen LogP contribution in [0, 0.1) is 17.5 Å². The summed E-state index contributed by atoms with van der Waals surface area (Å²) in [5.74, 6) is -3.18.